The molecule has 0 amide bonds. The number of fused-ring (bicyclic) bond motifs is 1. The highest BCUT2D eigenvalue weighted by atomic mass is 19.4. The van der Waals surface area contributed by atoms with Crippen molar-refractivity contribution in [3.8, 4) is 0 Å². The van der Waals surface area contributed by atoms with E-state index in [-0.39, 0.29) is 30.5 Å². The quantitative estimate of drug-likeness (QED) is 0.837. The van der Waals surface area contributed by atoms with Gasteiger partial charge < -0.3 is 0 Å². The molecule has 0 N–H and O–H groups in total. The molecule has 8 heteroatoms. The van der Waals surface area contributed by atoms with Crippen molar-refractivity contribution >= 4 is 11.4 Å². The van der Waals surface area contributed by atoms with Crippen molar-refractivity contribution in [3.63, 3.8) is 0 Å². The summed E-state index contributed by atoms with van der Waals surface area (Å²) in [6.07, 6.45) is -1.95. The third kappa shape index (κ3) is 3.08. The van der Waals surface area contributed by atoms with Crippen LogP contribution in [-0.2, 0) is 13.0 Å². The van der Waals surface area contributed by atoms with Crippen LogP contribution in [0.2, 0.25) is 0 Å². The fraction of sp³-hybridized carbons (Fsp3) is 0.500. The number of rotatable bonds is 4. The first-order valence-electron chi connectivity index (χ1n) is 8.78. The number of aryl methyl sites for hydroxylation is 1. The Labute approximate surface area is 148 Å². The monoisotopic (exact) mass is 364 g/mol. The molecule has 2 aliphatic rings. The summed E-state index contributed by atoms with van der Waals surface area (Å²) in [6, 6.07) is 6.56. The minimum atomic E-state index is -4.41. The Morgan fingerprint density at radius 2 is 2.04 bits per heavy atom. The minimum absolute atomic E-state index is 0.0826. The Morgan fingerprint density at radius 1 is 1.27 bits per heavy atom. The zero-order valence-electron chi connectivity index (χ0n) is 14.3. The lowest BCUT2D eigenvalue weighted by Gasteiger charge is -2.23. The number of hydrogen-bond donors (Lipinski definition) is 0. The van der Waals surface area contributed by atoms with Crippen LogP contribution < -0.4 is 5.56 Å². The van der Waals surface area contributed by atoms with Crippen molar-refractivity contribution in [2.75, 3.05) is 0 Å². The summed E-state index contributed by atoms with van der Waals surface area (Å²) in [4.78, 5) is 17.0. The van der Waals surface area contributed by atoms with E-state index in [9.17, 15) is 18.0 Å². The largest absolute Gasteiger partial charge is 0.431 e. The summed E-state index contributed by atoms with van der Waals surface area (Å²) in [5.41, 5.74) is 0.848. The molecule has 0 bridgehead atoms. The molecule has 1 fully saturated rings. The number of alkyl halides is 3. The van der Waals surface area contributed by atoms with E-state index in [1.165, 1.54) is 15.5 Å². The summed E-state index contributed by atoms with van der Waals surface area (Å²) in [7, 11) is 0. The van der Waals surface area contributed by atoms with E-state index in [1.54, 1.807) is 6.07 Å². The van der Waals surface area contributed by atoms with Crippen molar-refractivity contribution in [1.29, 1.82) is 0 Å². The van der Waals surface area contributed by atoms with E-state index < -0.39 is 11.9 Å². The summed E-state index contributed by atoms with van der Waals surface area (Å²) in [6.45, 7) is 2.07. The molecule has 1 saturated carbocycles. The van der Waals surface area contributed by atoms with Crippen molar-refractivity contribution in [3.05, 3.63) is 46.0 Å². The van der Waals surface area contributed by atoms with Crippen LogP contribution in [0, 0.1) is 5.92 Å². The van der Waals surface area contributed by atoms with Crippen LogP contribution in [0.3, 0.4) is 0 Å². The normalized spacial score (nSPS) is 20.7. The summed E-state index contributed by atoms with van der Waals surface area (Å²) >= 11 is 0. The van der Waals surface area contributed by atoms with E-state index in [2.05, 4.69) is 10.1 Å². The van der Waals surface area contributed by atoms with E-state index in [4.69, 9.17) is 0 Å². The van der Waals surface area contributed by atoms with Gasteiger partial charge >= 0.3 is 6.18 Å². The topological polar surface area (TPSA) is 50.0 Å². The van der Waals surface area contributed by atoms with E-state index in [0.29, 0.717) is 17.8 Å². The molecular formula is C18H19F3N4O. The highest BCUT2D eigenvalue weighted by Gasteiger charge is 2.47. The average Bonchev–Trinajstić information content (AvgIpc) is 3.33. The fourth-order valence-electron chi connectivity index (χ4n) is 3.58. The summed E-state index contributed by atoms with van der Waals surface area (Å²) < 4.78 is 40.7. The molecular weight excluding hydrogens is 345 g/mol. The SMILES string of the molecule is CCc1cccc2nc(CN3N=C(C(F)(F)F)CC3C3CC3)cc(=O)n12. The van der Waals surface area contributed by atoms with Gasteiger partial charge in [0.2, 0.25) is 0 Å². The Kier molecular flexibility index (Phi) is 4.00. The van der Waals surface area contributed by atoms with Crippen LogP contribution in [0.1, 0.15) is 37.6 Å². The second-order valence-electron chi connectivity index (χ2n) is 6.90. The molecule has 0 radical (unpaired) electrons. The fourth-order valence-corrected chi connectivity index (χ4v) is 3.58. The van der Waals surface area contributed by atoms with Gasteiger partial charge in [0.1, 0.15) is 11.4 Å². The highest BCUT2D eigenvalue weighted by molar-refractivity contribution is 5.91. The van der Waals surface area contributed by atoms with Gasteiger partial charge in [0, 0.05) is 18.2 Å². The molecule has 1 atom stereocenters. The molecule has 0 spiro atoms. The van der Waals surface area contributed by atoms with Crippen molar-refractivity contribution < 1.29 is 13.2 Å². The number of pyridine rings is 1. The van der Waals surface area contributed by atoms with Gasteiger partial charge in [-0.1, -0.05) is 13.0 Å². The molecule has 0 saturated heterocycles. The maximum atomic E-state index is 13.1. The highest BCUT2D eigenvalue weighted by Crippen LogP contribution is 2.42. The van der Waals surface area contributed by atoms with Crippen LogP contribution in [-0.4, -0.2) is 32.3 Å². The van der Waals surface area contributed by atoms with Crippen molar-refractivity contribution in [1.82, 2.24) is 14.4 Å². The van der Waals surface area contributed by atoms with E-state index >= 15 is 0 Å². The Morgan fingerprint density at radius 3 is 2.69 bits per heavy atom. The summed E-state index contributed by atoms with van der Waals surface area (Å²) in [5, 5.41) is 5.29. The van der Waals surface area contributed by atoms with Gasteiger partial charge in [-0.2, -0.15) is 18.3 Å². The Bertz CT molecular complexity index is 930. The molecule has 1 aliphatic heterocycles. The zero-order valence-corrected chi connectivity index (χ0v) is 14.3. The number of nitrogens with zero attached hydrogens (tertiary/aromatic N) is 4. The predicted octanol–water partition coefficient (Wildman–Crippen LogP) is 3.16. The second-order valence-corrected chi connectivity index (χ2v) is 6.90. The van der Waals surface area contributed by atoms with Crippen LogP contribution in [0.4, 0.5) is 13.2 Å². The van der Waals surface area contributed by atoms with Gasteiger partial charge in [-0.3, -0.25) is 14.2 Å². The number of hydrogen-bond acceptors (Lipinski definition) is 4. The molecule has 1 unspecified atom stereocenters. The number of hydrazone groups is 1. The third-order valence-corrected chi connectivity index (χ3v) is 5.03. The van der Waals surface area contributed by atoms with Gasteiger partial charge in [0.05, 0.1) is 18.3 Å². The van der Waals surface area contributed by atoms with Gasteiger partial charge in [-0.15, -0.1) is 0 Å². The second kappa shape index (κ2) is 6.10. The van der Waals surface area contributed by atoms with Crippen LogP contribution in [0.5, 0.6) is 0 Å². The third-order valence-electron chi connectivity index (χ3n) is 5.03. The molecule has 138 valence electrons. The average molecular weight is 364 g/mol. The Hall–Kier alpha value is -2.38. The molecule has 2 aromatic rings. The van der Waals surface area contributed by atoms with Gasteiger partial charge in [-0.05, 0) is 37.3 Å². The molecule has 1 aliphatic carbocycles. The van der Waals surface area contributed by atoms with Gasteiger partial charge in [-0.25, -0.2) is 4.98 Å². The van der Waals surface area contributed by atoms with Crippen LogP contribution in [0.25, 0.3) is 5.65 Å². The first-order chi connectivity index (χ1) is 12.4. The van der Waals surface area contributed by atoms with E-state index in [0.717, 1.165) is 18.5 Å². The zero-order chi connectivity index (χ0) is 18.5. The number of aromatic nitrogens is 2. The molecule has 5 nitrogen and oxygen atoms in total. The summed E-state index contributed by atoms with van der Waals surface area (Å²) in [5.74, 6) is 0.242. The maximum absolute atomic E-state index is 13.1. The lowest BCUT2D eigenvalue weighted by atomic mass is 10.1. The molecule has 4 rings (SSSR count). The first kappa shape index (κ1) is 17.1. The predicted molar refractivity (Wildman–Crippen MR) is 91.0 cm³/mol. The lowest BCUT2D eigenvalue weighted by Crippen LogP contribution is -2.30. The van der Waals surface area contributed by atoms with E-state index in [1.807, 2.05) is 19.1 Å². The van der Waals surface area contributed by atoms with Crippen LogP contribution in [0.15, 0.2) is 34.2 Å². The molecule has 3 heterocycles. The van der Waals surface area contributed by atoms with Gasteiger partial charge in [0.25, 0.3) is 5.56 Å². The maximum Gasteiger partial charge on any atom is 0.431 e. The van der Waals surface area contributed by atoms with Crippen molar-refractivity contribution in [2.45, 2.75) is 51.4 Å². The lowest BCUT2D eigenvalue weighted by molar-refractivity contribution is -0.0601. The first-order valence-corrected chi connectivity index (χ1v) is 8.78. The number of halogens is 3. The molecule has 0 aromatic carbocycles. The van der Waals surface area contributed by atoms with Gasteiger partial charge in [0.15, 0.2) is 0 Å². The minimum Gasteiger partial charge on any atom is -0.287 e. The Balaban J connectivity index is 1.67. The molecule has 2 aromatic heterocycles. The van der Waals surface area contributed by atoms with Crippen molar-refractivity contribution in [2.24, 2.45) is 11.0 Å². The smallest absolute Gasteiger partial charge is 0.287 e. The van der Waals surface area contributed by atoms with Crippen LogP contribution >= 0.6 is 0 Å². The molecule has 26 heavy (non-hydrogen) atoms. The standard InChI is InChI=1S/C18H19F3N4O/c1-2-13-4-3-5-16-22-12(8-17(26)25(13)16)10-24-14(11-6-7-11)9-15(23-24)18(19,20)21/h3-5,8,11,14H,2,6-7,9-10H2,1H3.